The fourth-order valence-electron chi connectivity index (χ4n) is 1.99. The molecule has 0 bridgehead atoms. The van der Waals surface area contributed by atoms with Crippen molar-refractivity contribution >= 4 is 5.57 Å². The number of allylic oxidation sites excluding steroid dienone is 5. The van der Waals surface area contributed by atoms with Crippen LogP contribution in [0.15, 0.2) is 48.6 Å². The van der Waals surface area contributed by atoms with Crippen molar-refractivity contribution in [1.29, 1.82) is 0 Å². The summed E-state index contributed by atoms with van der Waals surface area (Å²) in [5, 5.41) is 0. The van der Waals surface area contributed by atoms with Gasteiger partial charge in [0.05, 0.1) is 0 Å². The van der Waals surface area contributed by atoms with Gasteiger partial charge >= 0.3 is 0 Å². The number of benzene rings is 1. The third-order valence-electron chi connectivity index (χ3n) is 3.22. The van der Waals surface area contributed by atoms with Crippen LogP contribution in [-0.4, -0.2) is 0 Å². The van der Waals surface area contributed by atoms with E-state index < -0.39 is 0 Å². The first-order valence-electron chi connectivity index (χ1n) is 6.56. The summed E-state index contributed by atoms with van der Waals surface area (Å²) in [6.45, 7) is 14.9. The lowest BCUT2D eigenvalue weighted by Crippen LogP contribution is -1.91. The van der Waals surface area contributed by atoms with Crippen molar-refractivity contribution in [1.82, 2.24) is 0 Å². The van der Waals surface area contributed by atoms with Crippen molar-refractivity contribution in [2.75, 3.05) is 0 Å². The van der Waals surface area contributed by atoms with E-state index in [0.717, 1.165) is 5.57 Å². The molecule has 18 heavy (non-hydrogen) atoms. The van der Waals surface area contributed by atoms with Gasteiger partial charge in [-0.2, -0.15) is 0 Å². The van der Waals surface area contributed by atoms with Gasteiger partial charge in [0.2, 0.25) is 0 Å². The van der Waals surface area contributed by atoms with Crippen molar-refractivity contribution in [2.45, 2.75) is 34.6 Å². The summed E-state index contributed by atoms with van der Waals surface area (Å²) in [5.41, 5.74) is 6.23. The second-order valence-corrected chi connectivity index (χ2v) is 5.12. The van der Waals surface area contributed by atoms with Gasteiger partial charge in [-0.1, -0.05) is 62.4 Å². The number of hydrogen-bond donors (Lipinski definition) is 0. The van der Waals surface area contributed by atoms with Gasteiger partial charge in [-0.25, -0.2) is 0 Å². The lowest BCUT2D eigenvalue weighted by atomic mass is 9.97. The molecule has 1 aromatic rings. The van der Waals surface area contributed by atoms with E-state index in [1.54, 1.807) is 0 Å². The van der Waals surface area contributed by atoms with Crippen LogP contribution in [0.4, 0.5) is 0 Å². The highest BCUT2D eigenvalue weighted by atomic mass is 14.1. The Morgan fingerprint density at radius 1 is 1.17 bits per heavy atom. The Labute approximate surface area is 112 Å². The molecule has 0 aliphatic carbocycles. The topological polar surface area (TPSA) is 0 Å². The molecular weight excluding hydrogens is 216 g/mol. The molecule has 0 atom stereocenters. The van der Waals surface area contributed by atoms with Crippen LogP contribution in [-0.2, 0) is 0 Å². The second-order valence-electron chi connectivity index (χ2n) is 5.12. The van der Waals surface area contributed by atoms with Gasteiger partial charge in [-0.05, 0) is 49.0 Å². The van der Waals surface area contributed by atoms with Gasteiger partial charge in [0.15, 0.2) is 0 Å². The zero-order valence-electron chi connectivity index (χ0n) is 12.2. The maximum absolute atomic E-state index is 4.18. The Kier molecular flexibility index (Phi) is 5.15. The van der Waals surface area contributed by atoms with E-state index in [9.17, 15) is 0 Å². The monoisotopic (exact) mass is 240 g/mol. The SMILES string of the molecule is C=C(/C=C\C(=C/C)C(C)C)c1cc(C)ccc1C. The van der Waals surface area contributed by atoms with Gasteiger partial charge in [0.25, 0.3) is 0 Å². The van der Waals surface area contributed by atoms with Crippen LogP contribution in [0.25, 0.3) is 5.57 Å². The van der Waals surface area contributed by atoms with E-state index in [0.29, 0.717) is 5.92 Å². The molecule has 0 amide bonds. The first kappa shape index (κ1) is 14.5. The van der Waals surface area contributed by atoms with E-state index >= 15 is 0 Å². The van der Waals surface area contributed by atoms with E-state index in [1.807, 2.05) is 0 Å². The van der Waals surface area contributed by atoms with Crippen LogP contribution in [0, 0.1) is 19.8 Å². The van der Waals surface area contributed by atoms with Gasteiger partial charge in [-0.3, -0.25) is 0 Å². The Morgan fingerprint density at radius 3 is 2.39 bits per heavy atom. The van der Waals surface area contributed by atoms with E-state index in [4.69, 9.17) is 0 Å². The summed E-state index contributed by atoms with van der Waals surface area (Å²) in [5.74, 6) is 0.553. The van der Waals surface area contributed by atoms with Crippen molar-refractivity contribution in [2.24, 2.45) is 5.92 Å². The summed E-state index contributed by atoms with van der Waals surface area (Å²) < 4.78 is 0. The summed E-state index contributed by atoms with van der Waals surface area (Å²) in [6, 6.07) is 6.50. The van der Waals surface area contributed by atoms with Crippen LogP contribution < -0.4 is 0 Å². The van der Waals surface area contributed by atoms with Crippen LogP contribution in [0.2, 0.25) is 0 Å². The average Bonchev–Trinajstić information content (AvgIpc) is 2.32. The van der Waals surface area contributed by atoms with Crippen LogP contribution >= 0.6 is 0 Å². The Hall–Kier alpha value is -1.56. The third kappa shape index (κ3) is 3.73. The summed E-state index contributed by atoms with van der Waals surface area (Å²) in [6.07, 6.45) is 6.46. The molecule has 0 fully saturated rings. The standard InChI is InChI=1S/C18H24/c1-7-17(13(2)3)11-10-16(6)18-12-14(4)8-9-15(18)5/h7-13H,6H2,1-5H3/b11-10-,17-7+. The van der Waals surface area contributed by atoms with E-state index in [1.165, 1.54) is 22.3 Å². The maximum atomic E-state index is 4.18. The Bertz CT molecular complexity index is 485. The molecule has 96 valence electrons. The number of aryl methyl sites for hydroxylation is 2. The highest BCUT2D eigenvalue weighted by Crippen LogP contribution is 2.21. The van der Waals surface area contributed by atoms with Gasteiger partial charge < -0.3 is 0 Å². The zero-order valence-corrected chi connectivity index (χ0v) is 12.2. The Balaban J connectivity index is 2.95. The number of rotatable bonds is 4. The smallest absolute Gasteiger partial charge is 0.0158 e. The normalized spacial score (nSPS) is 12.4. The summed E-state index contributed by atoms with van der Waals surface area (Å²) in [7, 11) is 0. The largest absolute Gasteiger partial charge is 0.0911 e. The minimum absolute atomic E-state index is 0.553. The van der Waals surface area contributed by atoms with Crippen molar-refractivity contribution in [3.63, 3.8) is 0 Å². The summed E-state index contributed by atoms with van der Waals surface area (Å²) >= 11 is 0. The fourth-order valence-corrected chi connectivity index (χ4v) is 1.99. The fraction of sp³-hybridized carbons (Fsp3) is 0.333. The highest BCUT2D eigenvalue weighted by molar-refractivity contribution is 5.75. The molecular formula is C18H24. The molecule has 1 rings (SSSR count). The van der Waals surface area contributed by atoms with Gasteiger partial charge in [-0.15, -0.1) is 0 Å². The van der Waals surface area contributed by atoms with Crippen LogP contribution in [0.1, 0.15) is 37.5 Å². The molecule has 0 unspecified atom stereocenters. The second kappa shape index (κ2) is 6.39. The minimum atomic E-state index is 0.553. The zero-order chi connectivity index (χ0) is 13.7. The van der Waals surface area contributed by atoms with Crippen LogP contribution in [0.5, 0.6) is 0 Å². The molecule has 0 N–H and O–H groups in total. The maximum Gasteiger partial charge on any atom is -0.0158 e. The molecule has 0 saturated carbocycles. The van der Waals surface area contributed by atoms with Crippen molar-refractivity contribution < 1.29 is 0 Å². The molecule has 0 aromatic heterocycles. The number of hydrogen-bond acceptors (Lipinski definition) is 0. The highest BCUT2D eigenvalue weighted by Gasteiger charge is 2.02. The summed E-state index contributed by atoms with van der Waals surface area (Å²) in [4.78, 5) is 0. The van der Waals surface area contributed by atoms with Crippen LogP contribution in [0.3, 0.4) is 0 Å². The predicted molar refractivity (Wildman–Crippen MR) is 82.7 cm³/mol. The lowest BCUT2D eigenvalue weighted by molar-refractivity contribution is 0.790. The van der Waals surface area contributed by atoms with E-state index in [-0.39, 0.29) is 0 Å². The molecule has 0 nitrogen and oxygen atoms in total. The van der Waals surface area contributed by atoms with Crippen molar-refractivity contribution in [3.05, 3.63) is 65.3 Å². The molecule has 0 aliphatic rings. The van der Waals surface area contributed by atoms with Crippen molar-refractivity contribution in [3.8, 4) is 0 Å². The van der Waals surface area contributed by atoms with E-state index in [2.05, 4.69) is 77.6 Å². The average molecular weight is 240 g/mol. The molecule has 0 saturated heterocycles. The Morgan fingerprint density at radius 2 is 1.83 bits per heavy atom. The first-order valence-corrected chi connectivity index (χ1v) is 6.56. The quantitative estimate of drug-likeness (QED) is 0.612. The van der Waals surface area contributed by atoms with Gasteiger partial charge in [0.1, 0.15) is 0 Å². The van der Waals surface area contributed by atoms with Gasteiger partial charge in [0, 0.05) is 0 Å². The minimum Gasteiger partial charge on any atom is -0.0911 e. The molecule has 0 heterocycles. The molecule has 0 aliphatic heterocycles. The molecule has 0 heteroatoms. The molecule has 0 spiro atoms. The third-order valence-corrected chi connectivity index (χ3v) is 3.22. The lowest BCUT2D eigenvalue weighted by Gasteiger charge is -2.09. The predicted octanol–water partition coefficient (Wildman–Crippen LogP) is 5.48. The molecule has 1 aromatic carbocycles. The first-order chi connectivity index (χ1) is 8.45. The molecule has 0 radical (unpaired) electrons.